The number of hydrogen-bond donors (Lipinski definition) is 2. The average molecular weight is 318 g/mol. The third-order valence-electron chi connectivity index (χ3n) is 4.73. The first kappa shape index (κ1) is 16.3. The maximum Gasteiger partial charge on any atom is 0.234 e. The van der Waals surface area contributed by atoms with Crippen molar-refractivity contribution in [1.82, 2.24) is 10.2 Å². The van der Waals surface area contributed by atoms with Gasteiger partial charge in [0.15, 0.2) is 0 Å². The van der Waals surface area contributed by atoms with E-state index in [4.69, 9.17) is 4.74 Å². The highest BCUT2D eigenvalue weighted by molar-refractivity contribution is 5.78. The van der Waals surface area contributed by atoms with Crippen LogP contribution in [0.25, 0.3) is 0 Å². The lowest BCUT2D eigenvalue weighted by atomic mass is 10.0. The second-order valence-electron chi connectivity index (χ2n) is 6.69. The van der Waals surface area contributed by atoms with Crippen molar-refractivity contribution in [2.45, 2.75) is 37.8 Å². The maximum atomic E-state index is 12.4. The first-order chi connectivity index (χ1) is 11.2. The van der Waals surface area contributed by atoms with Crippen LogP contribution in [0.5, 0.6) is 5.75 Å². The molecular formula is C18H26N2O3. The van der Waals surface area contributed by atoms with E-state index in [1.54, 1.807) is 7.11 Å². The van der Waals surface area contributed by atoms with Gasteiger partial charge in [-0.1, -0.05) is 12.1 Å². The third kappa shape index (κ3) is 4.45. The molecule has 1 aromatic carbocycles. The highest BCUT2D eigenvalue weighted by Crippen LogP contribution is 2.41. The number of rotatable bonds is 6. The predicted molar refractivity (Wildman–Crippen MR) is 88.3 cm³/mol. The normalized spacial score (nSPS) is 23.3. The van der Waals surface area contributed by atoms with Crippen molar-refractivity contribution in [1.29, 1.82) is 0 Å². The molecule has 0 radical (unpaired) electrons. The van der Waals surface area contributed by atoms with Crippen molar-refractivity contribution in [2.24, 2.45) is 5.92 Å². The van der Waals surface area contributed by atoms with Gasteiger partial charge in [-0.05, 0) is 55.8 Å². The minimum absolute atomic E-state index is 0.0480. The number of benzene rings is 1. The molecule has 0 bridgehead atoms. The molecule has 2 aliphatic rings. The number of hydrogen-bond acceptors (Lipinski definition) is 4. The van der Waals surface area contributed by atoms with Crippen molar-refractivity contribution in [3.8, 4) is 5.75 Å². The van der Waals surface area contributed by atoms with Crippen LogP contribution in [0.4, 0.5) is 0 Å². The minimum atomic E-state index is -0.294. The number of β-amino-alcohol motifs (C(OH)–C–C–N with tert-alkyl or cyclic N) is 1. The molecule has 5 heteroatoms. The zero-order chi connectivity index (χ0) is 16.2. The van der Waals surface area contributed by atoms with Crippen LogP contribution in [0.1, 0.15) is 37.3 Å². The number of nitrogens with one attached hydrogen (secondary N) is 1. The Hall–Kier alpha value is -1.59. The van der Waals surface area contributed by atoms with Crippen LogP contribution in [0, 0.1) is 5.92 Å². The van der Waals surface area contributed by atoms with Gasteiger partial charge in [-0.3, -0.25) is 9.69 Å². The quantitative estimate of drug-likeness (QED) is 0.838. The zero-order valence-corrected chi connectivity index (χ0v) is 13.7. The molecule has 126 valence electrons. The number of piperidine rings is 1. The largest absolute Gasteiger partial charge is 0.497 e. The highest BCUT2D eigenvalue weighted by atomic mass is 16.5. The number of likely N-dealkylation sites (tertiary alicyclic amines) is 1. The molecule has 5 nitrogen and oxygen atoms in total. The average Bonchev–Trinajstić information content (AvgIpc) is 3.37. The molecule has 1 heterocycles. The predicted octanol–water partition coefficient (Wildman–Crippen LogP) is 1.72. The Balaban J connectivity index is 1.59. The number of carbonyl (C=O) groups excluding carboxylic acids is 1. The molecule has 3 rings (SSSR count). The van der Waals surface area contributed by atoms with Crippen molar-refractivity contribution in [3.63, 3.8) is 0 Å². The van der Waals surface area contributed by atoms with Crippen LogP contribution in [-0.4, -0.2) is 48.8 Å². The molecule has 0 aromatic heterocycles. The SMILES string of the molecule is COc1ccc(C(NC(=O)CN2CCCC(O)C2)C2CC2)cc1. The Morgan fingerprint density at radius 1 is 1.35 bits per heavy atom. The summed E-state index contributed by atoms with van der Waals surface area (Å²) >= 11 is 0. The van der Waals surface area contributed by atoms with Gasteiger partial charge in [0.25, 0.3) is 0 Å². The minimum Gasteiger partial charge on any atom is -0.497 e. The Bertz CT molecular complexity index is 528. The van der Waals surface area contributed by atoms with Crippen LogP contribution in [0.2, 0.25) is 0 Å². The van der Waals surface area contributed by atoms with Crippen LogP contribution in [0.15, 0.2) is 24.3 Å². The fourth-order valence-electron chi connectivity index (χ4n) is 3.31. The second-order valence-corrected chi connectivity index (χ2v) is 6.69. The summed E-state index contributed by atoms with van der Waals surface area (Å²) in [6, 6.07) is 8.04. The summed E-state index contributed by atoms with van der Waals surface area (Å²) in [7, 11) is 1.65. The lowest BCUT2D eigenvalue weighted by Gasteiger charge is -2.30. The number of amides is 1. The van der Waals surface area contributed by atoms with Crippen molar-refractivity contribution < 1.29 is 14.6 Å². The van der Waals surface area contributed by atoms with E-state index >= 15 is 0 Å². The number of aliphatic hydroxyl groups excluding tert-OH is 1. The van der Waals surface area contributed by atoms with Gasteiger partial charge in [0, 0.05) is 6.54 Å². The Morgan fingerprint density at radius 3 is 2.70 bits per heavy atom. The molecule has 2 N–H and O–H groups in total. The highest BCUT2D eigenvalue weighted by Gasteiger charge is 2.33. The Labute approximate surface area is 137 Å². The summed E-state index contributed by atoms with van der Waals surface area (Å²) in [5.41, 5.74) is 1.14. The molecular weight excluding hydrogens is 292 g/mol. The fraction of sp³-hybridized carbons (Fsp3) is 0.611. The van der Waals surface area contributed by atoms with Crippen LogP contribution < -0.4 is 10.1 Å². The maximum absolute atomic E-state index is 12.4. The molecule has 1 saturated carbocycles. The Kier molecular flexibility index (Phi) is 5.18. The molecule has 1 aliphatic heterocycles. The molecule has 1 aromatic rings. The van der Waals surface area contributed by atoms with Crippen molar-refractivity contribution in [3.05, 3.63) is 29.8 Å². The van der Waals surface area contributed by atoms with E-state index in [0.29, 0.717) is 19.0 Å². The van der Waals surface area contributed by atoms with Gasteiger partial charge < -0.3 is 15.2 Å². The van der Waals surface area contributed by atoms with Gasteiger partial charge in [0.05, 0.1) is 25.8 Å². The number of ether oxygens (including phenoxy) is 1. The molecule has 0 spiro atoms. The standard InChI is InChI=1S/C18H26N2O3/c1-23-16-8-6-14(7-9-16)18(13-4-5-13)19-17(22)12-20-10-2-3-15(21)11-20/h6-9,13,15,18,21H,2-5,10-12H2,1H3,(H,19,22). The van der Waals surface area contributed by atoms with Gasteiger partial charge in [0.2, 0.25) is 5.91 Å². The van der Waals surface area contributed by atoms with E-state index < -0.39 is 0 Å². The van der Waals surface area contributed by atoms with Crippen molar-refractivity contribution in [2.75, 3.05) is 26.7 Å². The lowest BCUT2D eigenvalue weighted by molar-refractivity contribution is -0.123. The van der Waals surface area contributed by atoms with E-state index in [-0.39, 0.29) is 18.1 Å². The van der Waals surface area contributed by atoms with Gasteiger partial charge >= 0.3 is 0 Å². The topological polar surface area (TPSA) is 61.8 Å². The van der Waals surface area contributed by atoms with Crippen LogP contribution >= 0.6 is 0 Å². The molecule has 2 unspecified atom stereocenters. The molecule has 2 fully saturated rings. The number of carbonyl (C=O) groups is 1. The zero-order valence-electron chi connectivity index (χ0n) is 13.7. The molecule has 1 amide bonds. The van der Waals surface area contributed by atoms with Gasteiger partial charge in [0.1, 0.15) is 5.75 Å². The van der Waals surface area contributed by atoms with E-state index in [9.17, 15) is 9.90 Å². The van der Waals surface area contributed by atoms with E-state index in [1.807, 2.05) is 29.2 Å². The van der Waals surface area contributed by atoms with E-state index in [0.717, 1.165) is 30.7 Å². The summed E-state index contributed by atoms with van der Waals surface area (Å²) in [6.45, 7) is 1.86. The summed E-state index contributed by atoms with van der Waals surface area (Å²) < 4.78 is 5.20. The molecule has 1 aliphatic carbocycles. The summed E-state index contributed by atoms with van der Waals surface area (Å²) in [6.07, 6.45) is 3.84. The first-order valence-corrected chi connectivity index (χ1v) is 8.49. The summed E-state index contributed by atoms with van der Waals surface area (Å²) in [5.74, 6) is 1.42. The number of aliphatic hydroxyl groups is 1. The third-order valence-corrected chi connectivity index (χ3v) is 4.73. The fourth-order valence-corrected chi connectivity index (χ4v) is 3.31. The number of nitrogens with zero attached hydrogens (tertiary/aromatic N) is 1. The Morgan fingerprint density at radius 2 is 2.09 bits per heavy atom. The smallest absolute Gasteiger partial charge is 0.234 e. The van der Waals surface area contributed by atoms with Gasteiger partial charge in [-0.25, -0.2) is 0 Å². The van der Waals surface area contributed by atoms with Gasteiger partial charge in [-0.2, -0.15) is 0 Å². The van der Waals surface area contributed by atoms with E-state index in [1.165, 1.54) is 12.8 Å². The van der Waals surface area contributed by atoms with Crippen LogP contribution in [-0.2, 0) is 4.79 Å². The summed E-state index contributed by atoms with van der Waals surface area (Å²) in [4.78, 5) is 14.4. The second kappa shape index (κ2) is 7.32. The van der Waals surface area contributed by atoms with E-state index in [2.05, 4.69) is 5.32 Å². The first-order valence-electron chi connectivity index (χ1n) is 8.49. The van der Waals surface area contributed by atoms with Gasteiger partial charge in [-0.15, -0.1) is 0 Å². The van der Waals surface area contributed by atoms with Crippen LogP contribution in [0.3, 0.4) is 0 Å². The summed E-state index contributed by atoms with van der Waals surface area (Å²) in [5, 5.41) is 12.9. The molecule has 1 saturated heterocycles. The molecule has 23 heavy (non-hydrogen) atoms. The molecule has 2 atom stereocenters. The monoisotopic (exact) mass is 318 g/mol. The number of methoxy groups -OCH3 is 1. The lowest BCUT2D eigenvalue weighted by Crippen LogP contribution is -2.45. The van der Waals surface area contributed by atoms with Crippen molar-refractivity contribution >= 4 is 5.91 Å².